The smallest absolute Gasteiger partial charge is 0.254 e. The Hall–Kier alpha value is -1.94. The standard InChI is InChI=1S/C15H17FN2O3/c16-14-8-11(2-1-5-17)3-4-13(14)15(19)18-9-12-10-20-6-7-21-12/h3-4,8,12H,5-7,9-10,17H2,(H,18,19). The number of nitrogens with two attached hydrogens (primary N) is 1. The highest BCUT2D eigenvalue weighted by Crippen LogP contribution is 2.10. The number of amides is 1. The summed E-state index contributed by atoms with van der Waals surface area (Å²) in [4.78, 5) is 11.9. The molecule has 0 bridgehead atoms. The molecule has 0 aliphatic carbocycles. The highest BCUT2D eigenvalue weighted by atomic mass is 19.1. The summed E-state index contributed by atoms with van der Waals surface area (Å²) >= 11 is 0. The first kappa shape index (κ1) is 15.4. The molecule has 3 N–H and O–H groups in total. The van der Waals surface area contributed by atoms with Crippen molar-refractivity contribution in [1.82, 2.24) is 5.32 Å². The molecule has 1 aromatic carbocycles. The lowest BCUT2D eigenvalue weighted by atomic mass is 10.1. The van der Waals surface area contributed by atoms with Gasteiger partial charge in [0.05, 0.1) is 38.0 Å². The van der Waals surface area contributed by atoms with E-state index in [9.17, 15) is 9.18 Å². The Morgan fingerprint density at radius 1 is 1.48 bits per heavy atom. The van der Waals surface area contributed by atoms with Crippen LogP contribution in [-0.4, -0.2) is 44.9 Å². The van der Waals surface area contributed by atoms with E-state index in [4.69, 9.17) is 15.2 Å². The molecule has 21 heavy (non-hydrogen) atoms. The maximum atomic E-state index is 13.9. The third-order valence-electron chi connectivity index (χ3n) is 2.92. The fourth-order valence-corrected chi connectivity index (χ4v) is 1.89. The SMILES string of the molecule is NCC#Cc1ccc(C(=O)NCC2COCCO2)c(F)c1. The summed E-state index contributed by atoms with van der Waals surface area (Å²) in [7, 11) is 0. The van der Waals surface area contributed by atoms with Crippen LogP contribution in [0.1, 0.15) is 15.9 Å². The summed E-state index contributed by atoms with van der Waals surface area (Å²) in [5, 5.41) is 2.63. The molecule has 1 unspecified atom stereocenters. The summed E-state index contributed by atoms with van der Waals surface area (Å²) in [6.45, 7) is 1.98. The first-order valence-corrected chi connectivity index (χ1v) is 6.66. The molecule has 112 valence electrons. The zero-order valence-electron chi connectivity index (χ0n) is 11.5. The zero-order chi connectivity index (χ0) is 15.1. The second-order valence-corrected chi connectivity index (χ2v) is 4.48. The summed E-state index contributed by atoms with van der Waals surface area (Å²) < 4.78 is 24.5. The minimum Gasteiger partial charge on any atom is -0.376 e. The van der Waals surface area contributed by atoms with Crippen LogP contribution in [0, 0.1) is 17.7 Å². The largest absolute Gasteiger partial charge is 0.376 e. The van der Waals surface area contributed by atoms with Crippen molar-refractivity contribution in [2.75, 3.05) is 32.9 Å². The number of nitrogens with one attached hydrogen (secondary N) is 1. The van der Waals surface area contributed by atoms with Crippen LogP contribution >= 0.6 is 0 Å². The van der Waals surface area contributed by atoms with Gasteiger partial charge in [-0.3, -0.25) is 4.79 Å². The van der Waals surface area contributed by atoms with Crippen LogP contribution in [-0.2, 0) is 9.47 Å². The molecule has 1 aromatic rings. The molecule has 0 radical (unpaired) electrons. The molecule has 1 amide bonds. The molecule has 5 nitrogen and oxygen atoms in total. The van der Waals surface area contributed by atoms with E-state index in [0.717, 1.165) is 0 Å². The molecule has 0 spiro atoms. The Morgan fingerprint density at radius 3 is 3.00 bits per heavy atom. The van der Waals surface area contributed by atoms with E-state index >= 15 is 0 Å². The van der Waals surface area contributed by atoms with Crippen LogP contribution in [0.2, 0.25) is 0 Å². The van der Waals surface area contributed by atoms with Crippen molar-refractivity contribution in [2.24, 2.45) is 5.73 Å². The van der Waals surface area contributed by atoms with Crippen LogP contribution in [0.3, 0.4) is 0 Å². The van der Waals surface area contributed by atoms with Crippen LogP contribution in [0.25, 0.3) is 0 Å². The van der Waals surface area contributed by atoms with Crippen LogP contribution in [0.15, 0.2) is 18.2 Å². The summed E-state index contributed by atoms with van der Waals surface area (Å²) in [6, 6.07) is 4.21. The Kier molecular flexibility index (Phi) is 5.69. The van der Waals surface area contributed by atoms with E-state index < -0.39 is 11.7 Å². The van der Waals surface area contributed by atoms with E-state index in [1.807, 2.05) is 0 Å². The average Bonchev–Trinajstić information content (AvgIpc) is 2.51. The lowest BCUT2D eigenvalue weighted by Gasteiger charge is -2.23. The van der Waals surface area contributed by atoms with Crippen molar-refractivity contribution in [1.29, 1.82) is 0 Å². The zero-order valence-corrected chi connectivity index (χ0v) is 11.5. The van der Waals surface area contributed by atoms with Crippen LogP contribution in [0.5, 0.6) is 0 Å². The van der Waals surface area contributed by atoms with Crippen molar-refractivity contribution in [2.45, 2.75) is 6.10 Å². The second kappa shape index (κ2) is 7.74. The monoisotopic (exact) mass is 292 g/mol. The summed E-state index contributed by atoms with van der Waals surface area (Å²) in [6.07, 6.45) is -0.194. The van der Waals surface area contributed by atoms with Gasteiger partial charge in [0.2, 0.25) is 0 Å². The fourth-order valence-electron chi connectivity index (χ4n) is 1.89. The van der Waals surface area contributed by atoms with Gasteiger partial charge in [-0.15, -0.1) is 0 Å². The number of carbonyl (C=O) groups excluding carboxylic acids is 1. The summed E-state index contributed by atoms with van der Waals surface area (Å²) in [5.41, 5.74) is 5.71. The first-order chi connectivity index (χ1) is 10.2. The van der Waals surface area contributed by atoms with E-state index in [1.54, 1.807) is 6.07 Å². The van der Waals surface area contributed by atoms with Gasteiger partial charge in [-0.05, 0) is 18.2 Å². The van der Waals surface area contributed by atoms with Crippen molar-refractivity contribution < 1.29 is 18.7 Å². The molecule has 1 aliphatic heterocycles. The second-order valence-electron chi connectivity index (χ2n) is 4.48. The molecule has 0 saturated carbocycles. The predicted molar refractivity (Wildman–Crippen MR) is 75.2 cm³/mol. The van der Waals surface area contributed by atoms with Gasteiger partial charge in [-0.1, -0.05) is 11.8 Å². The van der Waals surface area contributed by atoms with Crippen molar-refractivity contribution >= 4 is 5.91 Å². The van der Waals surface area contributed by atoms with Crippen molar-refractivity contribution in [3.63, 3.8) is 0 Å². The van der Waals surface area contributed by atoms with Crippen molar-refractivity contribution in [3.05, 3.63) is 35.1 Å². The third-order valence-corrected chi connectivity index (χ3v) is 2.92. The van der Waals surface area contributed by atoms with Crippen LogP contribution < -0.4 is 11.1 Å². The minimum atomic E-state index is -0.614. The van der Waals surface area contributed by atoms with Gasteiger partial charge in [0.15, 0.2) is 0 Å². The number of rotatable bonds is 3. The lowest BCUT2D eigenvalue weighted by molar-refractivity contribution is -0.0855. The average molecular weight is 292 g/mol. The van der Waals surface area contributed by atoms with E-state index in [0.29, 0.717) is 25.4 Å². The molecule has 0 aromatic heterocycles. The molecular formula is C15H17FN2O3. The summed E-state index contributed by atoms with van der Waals surface area (Å²) in [5.74, 6) is 4.24. The minimum absolute atomic E-state index is 0.0231. The van der Waals surface area contributed by atoms with Gasteiger partial charge in [0.25, 0.3) is 5.91 Å². The highest BCUT2D eigenvalue weighted by Gasteiger charge is 2.17. The van der Waals surface area contributed by atoms with Gasteiger partial charge in [-0.25, -0.2) is 4.39 Å². The third kappa shape index (κ3) is 4.53. The fraction of sp³-hybridized carbons (Fsp3) is 0.400. The first-order valence-electron chi connectivity index (χ1n) is 6.66. The highest BCUT2D eigenvalue weighted by molar-refractivity contribution is 5.94. The number of ether oxygens (including phenoxy) is 2. The molecule has 2 rings (SSSR count). The Balaban J connectivity index is 1.95. The van der Waals surface area contributed by atoms with Gasteiger partial charge in [0, 0.05) is 12.1 Å². The molecule has 6 heteroatoms. The van der Waals surface area contributed by atoms with E-state index in [2.05, 4.69) is 17.2 Å². The lowest BCUT2D eigenvalue weighted by Crippen LogP contribution is -2.39. The van der Waals surface area contributed by atoms with E-state index in [-0.39, 0.29) is 24.8 Å². The Morgan fingerprint density at radius 2 is 2.33 bits per heavy atom. The normalized spacial score (nSPS) is 17.7. The van der Waals surface area contributed by atoms with Crippen molar-refractivity contribution in [3.8, 4) is 11.8 Å². The van der Waals surface area contributed by atoms with E-state index in [1.165, 1.54) is 12.1 Å². The number of hydrogen-bond acceptors (Lipinski definition) is 4. The molecule has 1 fully saturated rings. The number of benzene rings is 1. The molecule has 1 aliphatic rings. The number of halogens is 1. The van der Waals surface area contributed by atoms with Gasteiger partial charge >= 0.3 is 0 Å². The van der Waals surface area contributed by atoms with Gasteiger partial charge < -0.3 is 20.5 Å². The quantitative estimate of drug-likeness (QED) is 0.785. The maximum absolute atomic E-state index is 13.9. The maximum Gasteiger partial charge on any atom is 0.254 e. The molecule has 1 saturated heterocycles. The molecular weight excluding hydrogens is 275 g/mol. The topological polar surface area (TPSA) is 73.6 Å². The molecule has 1 heterocycles. The van der Waals surface area contributed by atoms with Crippen LogP contribution in [0.4, 0.5) is 4.39 Å². The predicted octanol–water partition coefficient (Wildman–Crippen LogP) is 0.281. The Labute approximate surface area is 122 Å². The number of carbonyl (C=O) groups is 1. The van der Waals surface area contributed by atoms with Gasteiger partial charge in [-0.2, -0.15) is 0 Å². The van der Waals surface area contributed by atoms with Gasteiger partial charge in [0.1, 0.15) is 5.82 Å². The number of hydrogen-bond donors (Lipinski definition) is 2. The Bertz CT molecular complexity index is 560. The molecule has 1 atom stereocenters.